The summed E-state index contributed by atoms with van der Waals surface area (Å²) in [5.74, 6) is -13.5. The molecule has 0 spiro atoms. The molecule has 178 valence electrons. The molecule has 0 heterocycles. The van der Waals surface area contributed by atoms with Gasteiger partial charge >= 0.3 is 5.97 Å². The van der Waals surface area contributed by atoms with E-state index in [1.54, 1.807) is 0 Å². The van der Waals surface area contributed by atoms with Crippen molar-refractivity contribution in [3.05, 3.63) is 29.1 Å². The highest BCUT2D eigenvalue weighted by Crippen LogP contribution is 2.29. The Morgan fingerprint density at radius 1 is 0.710 bits per heavy atom. The van der Waals surface area contributed by atoms with Crippen LogP contribution in [0.4, 0.5) is 22.0 Å². The second kappa shape index (κ2) is 15.1. The van der Waals surface area contributed by atoms with Crippen LogP contribution < -0.4 is 4.74 Å². The van der Waals surface area contributed by atoms with Crippen LogP contribution in [0, 0.1) is 35.0 Å². The second-order valence-electron chi connectivity index (χ2n) is 6.55. The lowest BCUT2D eigenvalue weighted by molar-refractivity contribution is -0.136. The van der Waals surface area contributed by atoms with Gasteiger partial charge in [0.1, 0.15) is 0 Å². The molecule has 0 saturated carbocycles. The van der Waals surface area contributed by atoms with Crippen LogP contribution >= 0.6 is 0 Å². The SMILES string of the molecule is CCC(C)COCCOCCOCCOCCC(=O)Oc1c(F)c(F)c(F)c(F)c1F. The lowest BCUT2D eigenvalue weighted by Crippen LogP contribution is -2.16. The van der Waals surface area contributed by atoms with E-state index in [0.29, 0.717) is 39.0 Å². The van der Waals surface area contributed by atoms with Crippen molar-refractivity contribution in [2.24, 2.45) is 5.92 Å². The quantitative estimate of drug-likeness (QED) is 0.0938. The number of halogens is 5. The van der Waals surface area contributed by atoms with Gasteiger partial charge in [0, 0.05) is 6.61 Å². The Morgan fingerprint density at radius 3 is 1.61 bits per heavy atom. The summed E-state index contributed by atoms with van der Waals surface area (Å²) in [5.41, 5.74) is 0. The van der Waals surface area contributed by atoms with E-state index in [9.17, 15) is 26.7 Å². The number of carbonyl (C=O) groups excluding carboxylic acids is 1. The molecule has 0 N–H and O–H groups in total. The van der Waals surface area contributed by atoms with Gasteiger partial charge in [-0.2, -0.15) is 8.78 Å². The number of carbonyl (C=O) groups is 1. The van der Waals surface area contributed by atoms with Crippen LogP contribution in [-0.4, -0.2) is 58.8 Å². The third-order valence-electron chi connectivity index (χ3n) is 4.05. The van der Waals surface area contributed by atoms with Crippen LogP contribution in [0.5, 0.6) is 5.75 Å². The molecule has 31 heavy (non-hydrogen) atoms. The zero-order valence-electron chi connectivity index (χ0n) is 17.5. The summed E-state index contributed by atoms with van der Waals surface area (Å²) in [4.78, 5) is 11.5. The molecule has 0 bridgehead atoms. The van der Waals surface area contributed by atoms with E-state index in [4.69, 9.17) is 18.9 Å². The number of benzene rings is 1. The Labute approximate surface area is 177 Å². The van der Waals surface area contributed by atoms with Crippen molar-refractivity contribution in [1.29, 1.82) is 0 Å². The Balaban J connectivity index is 2.07. The maximum Gasteiger partial charge on any atom is 0.313 e. The highest BCUT2D eigenvalue weighted by molar-refractivity contribution is 5.72. The Kier molecular flexibility index (Phi) is 13.2. The first kappa shape index (κ1) is 27.2. The standard InChI is InChI=1S/C20H27F5O6/c1-3-13(2)12-30-11-10-29-9-8-28-7-6-27-5-4-14(26)31-20-18(24)16(22)15(21)17(23)19(20)25/h13H,3-12H2,1-2H3. The van der Waals surface area contributed by atoms with E-state index in [0.717, 1.165) is 6.42 Å². The molecule has 0 aliphatic carbocycles. The first-order chi connectivity index (χ1) is 14.8. The van der Waals surface area contributed by atoms with Gasteiger partial charge in [0.25, 0.3) is 0 Å². The topological polar surface area (TPSA) is 63.2 Å². The molecule has 1 unspecified atom stereocenters. The summed E-state index contributed by atoms with van der Waals surface area (Å²) in [6.45, 7) is 6.71. The maximum absolute atomic E-state index is 13.4. The third kappa shape index (κ3) is 9.90. The van der Waals surface area contributed by atoms with Crippen molar-refractivity contribution < 1.29 is 50.4 Å². The lowest BCUT2D eigenvalue weighted by Gasteiger charge is -2.10. The Hall–Kier alpha value is -1.82. The van der Waals surface area contributed by atoms with E-state index < -0.39 is 47.2 Å². The number of hydrogen-bond acceptors (Lipinski definition) is 6. The van der Waals surface area contributed by atoms with Gasteiger partial charge in [-0.3, -0.25) is 4.79 Å². The zero-order chi connectivity index (χ0) is 23.2. The van der Waals surface area contributed by atoms with Gasteiger partial charge in [0.05, 0.1) is 52.7 Å². The highest BCUT2D eigenvalue weighted by Gasteiger charge is 2.28. The molecule has 0 aliphatic heterocycles. The van der Waals surface area contributed by atoms with Gasteiger partial charge in [0.2, 0.25) is 34.8 Å². The maximum atomic E-state index is 13.4. The minimum atomic E-state index is -2.33. The van der Waals surface area contributed by atoms with E-state index in [1.807, 2.05) is 0 Å². The molecule has 0 fully saturated rings. The average molecular weight is 458 g/mol. The fourth-order valence-corrected chi connectivity index (χ4v) is 2.06. The van der Waals surface area contributed by atoms with Crippen molar-refractivity contribution >= 4 is 5.97 Å². The van der Waals surface area contributed by atoms with Crippen LogP contribution in [-0.2, 0) is 23.7 Å². The van der Waals surface area contributed by atoms with Gasteiger partial charge in [-0.15, -0.1) is 0 Å². The third-order valence-corrected chi connectivity index (χ3v) is 4.05. The second-order valence-corrected chi connectivity index (χ2v) is 6.55. The number of ether oxygens (including phenoxy) is 5. The van der Waals surface area contributed by atoms with E-state index in [-0.39, 0.29) is 19.8 Å². The molecule has 1 aromatic rings. The molecule has 0 radical (unpaired) electrons. The fraction of sp³-hybridized carbons (Fsp3) is 0.650. The number of esters is 1. The largest absolute Gasteiger partial charge is 0.420 e. The van der Waals surface area contributed by atoms with Gasteiger partial charge in [-0.25, -0.2) is 13.2 Å². The lowest BCUT2D eigenvalue weighted by atomic mass is 10.1. The minimum Gasteiger partial charge on any atom is -0.420 e. The summed E-state index contributed by atoms with van der Waals surface area (Å²) in [6.07, 6.45) is 0.600. The van der Waals surface area contributed by atoms with E-state index >= 15 is 0 Å². The Morgan fingerprint density at radius 2 is 1.13 bits per heavy atom. The monoisotopic (exact) mass is 458 g/mol. The molecule has 6 nitrogen and oxygen atoms in total. The molecule has 1 aromatic carbocycles. The first-order valence-electron chi connectivity index (χ1n) is 9.82. The molecule has 0 amide bonds. The molecule has 1 atom stereocenters. The van der Waals surface area contributed by atoms with Crippen molar-refractivity contribution in [2.75, 3.05) is 52.9 Å². The van der Waals surface area contributed by atoms with Crippen LogP contribution in [0.1, 0.15) is 26.7 Å². The Bertz CT molecular complexity index is 660. The number of rotatable bonds is 16. The summed E-state index contributed by atoms with van der Waals surface area (Å²) in [6, 6.07) is 0. The van der Waals surface area contributed by atoms with E-state index in [1.165, 1.54) is 0 Å². The predicted molar refractivity (Wildman–Crippen MR) is 99.2 cm³/mol. The average Bonchev–Trinajstić information content (AvgIpc) is 2.76. The normalized spacial score (nSPS) is 12.2. The van der Waals surface area contributed by atoms with Crippen molar-refractivity contribution in [2.45, 2.75) is 26.7 Å². The van der Waals surface area contributed by atoms with Gasteiger partial charge < -0.3 is 23.7 Å². The van der Waals surface area contributed by atoms with Crippen LogP contribution in [0.15, 0.2) is 0 Å². The molecule has 0 saturated heterocycles. The predicted octanol–water partition coefficient (Wildman–Crippen LogP) is 3.79. The fourth-order valence-electron chi connectivity index (χ4n) is 2.06. The van der Waals surface area contributed by atoms with Gasteiger partial charge in [-0.1, -0.05) is 20.3 Å². The minimum absolute atomic E-state index is 0.119. The molecule has 1 rings (SSSR count). The summed E-state index contributed by atoms with van der Waals surface area (Å²) in [5, 5.41) is 0. The van der Waals surface area contributed by atoms with Crippen molar-refractivity contribution in [3.8, 4) is 5.75 Å². The number of hydrogen-bond donors (Lipinski definition) is 0. The van der Waals surface area contributed by atoms with E-state index in [2.05, 4.69) is 18.6 Å². The van der Waals surface area contributed by atoms with Crippen LogP contribution in [0.25, 0.3) is 0 Å². The molecule has 11 heteroatoms. The molecular formula is C20H27F5O6. The highest BCUT2D eigenvalue weighted by atomic mass is 19.2. The molecular weight excluding hydrogens is 431 g/mol. The van der Waals surface area contributed by atoms with Crippen molar-refractivity contribution in [3.63, 3.8) is 0 Å². The molecule has 0 aliphatic rings. The van der Waals surface area contributed by atoms with Gasteiger partial charge in [0.15, 0.2) is 0 Å². The zero-order valence-corrected chi connectivity index (χ0v) is 17.5. The van der Waals surface area contributed by atoms with Crippen LogP contribution in [0.2, 0.25) is 0 Å². The summed E-state index contributed by atoms with van der Waals surface area (Å²) >= 11 is 0. The van der Waals surface area contributed by atoms with Gasteiger partial charge in [-0.05, 0) is 5.92 Å². The van der Waals surface area contributed by atoms with Crippen LogP contribution in [0.3, 0.4) is 0 Å². The smallest absolute Gasteiger partial charge is 0.313 e. The van der Waals surface area contributed by atoms with Crippen molar-refractivity contribution in [1.82, 2.24) is 0 Å². The summed E-state index contributed by atoms with van der Waals surface area (Å²) in [7, 11) is 0. The first-order valence-corrected chi connectivity index (χ1v) is 9.82. The summed E-state index contributed by atoms with van der Waals surface area (Å²) < 4.78 is 91.2. The molecule has 0 aromatic heterocycles.